The summed E-state index contributed by atoms with van der Waals surface area (Å²) in [6, 6.07) is 8.76. The van der Waals surface area contributed by atoms with Gasteiger partial charge in [0.25, 0.3) is 0 Å². The summed E-state index contributed by atoms with van der Waals surface area (Å²) in [7, 11) is -3.66. The van der Waals surface area contributed by atoms with Crippen molar-refractivity contribution in [1.29, 1.82) is 0 Å². The van der Waals surface area contributed by atoms with Crippen LogP contribution < -0.4 is 15.2 Å². The standard InChI is InChI=1S/C16H20N4O4S2/c21-15(18-19-26(22,23)12-13-4-2-1-3-5-13)10-14-11-25-16(17-14)20-6-8-24-9-7-20/h1-5,11,19H,6-10,12H2,(H,18,21). The number of benzene rings is 1. The Morgan fingerprint density at radius 3 is 2.69 bits per heavy atom. The van der Waals surface area contributed by atoms with Gasteiger partial charge in [-0.15, -0.1) is 16.2 Å². The molecule has 2 aromatic rings. The summed E-state index contributed by atoms with van der Waals surface area (Å²) in [4.78, 5) is 20.7. The van der Waals surface area contributed by atoms with Gasteiger partial charge in [0.05, 0.1) is 31.1 Å². The van der Waals surface area contributed by atoms with Crippen LogP contribution in [0.1, 0.15) is 11.3 Å². The van der Waals surface area contributed by atoms with Crippen molar-refractivity contribution in [3.05, 3.63) is 47.0 Å². The molecule has 8 nitrogen and oxygen atoms in total. The number of anilines is 1. The Kier molecular flexibility index (Phi) is 6.20. The SMILES string of the molecule is O=C(Cc1csc(N2CCOCC2)n1)NNS(=O)(=O)Cc1ccccc1. The molecule has 0 aliphatic carbocycles. The summed E-state index contributed by atoms with van der Waals surface area (Å²) >= 11 is 1.46. The van der Waals surface area contributed by atoms with E-state index in [9.17, 15) is 13.2 Å². The van der Waals surface area contributed by atoms with Crippen molar-refractivity contribution in [3.8, 4) is 0 Å². The van der Waals surface area contributed by atoms with Crippen LogP contribution in [-0.4, -0.2) is 45.6 Å². The topological polar surface area (TPSA) is 101 Å². The number of aromatic nitrogens is 1. The molecule has 1 aromatic heterocycles. The van der Waals surface area contributed by atoms with Crippen LogP contribution in [0.25, 0.3) is 0 Å². The molecule has 0 atom stereocenters. The van der Waals surface area contributed by atoms with E-state index < -0.39 is 15.9 Å². The molecule has 1 saturated heterocycles. The van der Waals surface area contributed by atoms with Gasteiger partial charge in [-0.3, -0.25) is 10.2 Å². The molecule has 0 radical (unpaired) electrons. The highest BCUT2D eigenvalue weighted by atomic mass is 32.2. The first kappa shape index (κ1) is 18.8. The second-order valence-corrected chi connectivity index (χ2v) is 8.35. The third-order valence-electron chi connectivity index (χ3n) is 3.71. The average molecular weight is 396 g/mol. The molecule has 0 bridgehead atoms. The number of ether oxygens (including phenoxy) is 1. The van der Waals surface area contributed by atoms with Crippen molar-refractivity contribution in [3.63, 3.8) is 0 Å². The lowest BCUT2D eigenvalue weighted by molar-refractivity contribution is -0.120. The van der Waals surface area contributed by atoms with Gasteiger partial charge in [-0.2, -0.15) is 0 Å². The molecule has 1 amide bonds. The summed E-state index contributed by atoms with van der Waals surface area (Å²) < 4.78 is 29.3. The molecule has 140 valence electrons. The number of thiazole rings is 1. The largest absolute Gasteiger partial charge is 0.378 e. The molecule has 0 saturated carbocycles. The average Bonchev–Trinajstić information content (AvgIpc) is 3.10. The predicted molar refractivity (Wildman–Crippen MR) is 99.2 cm³/mol. The number of hydrazine groups is 1. The van der Waals surface area contributed by atoms with Crippen LogP contribution in [0.15, 0.2) is 35.7 Å². The molecule has 1 aromatic carbocycles. The minimum Gasteiger partial charge on any atom is -0.378 e. The summed E-state index contributed by atoms with van der Waals surface area (Å²) in [6.07, 6.45) is 0.00863. The van der Waals surface area contributed by atoms with Crippen LogP contribution in [0.5, 0.6) is 0 Å². The summed E-state index contributed by atoms with van der Waals surface area (Å²) in [5, 5.41) is 2.66. The summed E-state index contributed by atoms with van der Waals surface area (Å²) in [6.45, 7) is 2.88. The Morgan fingerprint density at radius 2 is 1.96 bits per heavy atom. The van der Waals surface area contributed by atoms with E-state index in [-0.39, 0.29) is 12.2 Å². The number of nitrogens with one attached hydrogen (secondary N) is 2. The molecule has 10 heteroatoms. The Bertz CT molecular complexity index is 833. The van der Waals surface area contributed by atoms with Gasteiger partial charge in [-0.1, -0.05) is 30.3 Å². The smallest absolute Gasteiger partial charge is 0.240 e. The van der Waals surface area contributed by atoms with Gasteiger partial charge < -0.3 is 9.64 Å². The number of morpholine rings is 1. The number of nitrogens with zero attached hydrogens (tertiary/aromatic N) is 2. The first-order chi connectivity index (χ1) is 12.5. The second kappa shape index (κ2) is 8.58. The zero-order chi connectivity index (χ0) is 18.4. The van der Waals surface area contributed by atoms with Crippen LogP contribution in [0.3, 0.4) is 0 Å². The quantitative estimate of drug-likeness (QED) is 0.668. The van der Waals surface area contributed by atoms with E-state index in [0.717, 1.165) is 18.2 Å². The van der Waals surface area contributed by atoms with Gasteiger partial charge >= 0.3 is 0 Å². The van der Waals surface area contributed by atoms with Crippen LogP contribution >= 0.6 is 11.3 Å². The van der Waals surface area contributed by atoms with Crippen molar-refractivity contribution >= 4 is 32.4 Å². The highest BCUT2D eigenvalue weighted by molar-refractivity contribution is 7.88. The van der Waals surface area contributed by atoms with Gasteiger partial charge in [-0.25, -0.2) is 13.4 Å². The van der Waals surface area contributed by atoms with Gasteiger partial charge in [0.2, 0.25) is 15.9 Å². The number of rotatable bonds is 7. The molecular weight excluding hydrogens is 376 g/mol. The molecule has 3 rings (SSSR count). The van der Waals surface area contributed by atoms with Crippen molar-refractivity contribution in [2.45, 2.75) is 12.2 Å². The second-order valence-electron chi connectivity index (χ2n) is 5.79. The number of hydrogen-bond donors (Lipinski definition) is 2. The third kappa shape index (κ3) is 5.49. The van der Waals surface area contributed by atoms with E-state index in [1.807, 2.05) is 11.4 Å². The van der Waals surface area contributed by atoms with E-state index in [1.165, 1.54) is 11.3 Å². The number of sulfonamides is 1. The number of carbonyl (C=O) groups is 1. The van der Waals surface area contributed by atoms with E-state index in [1.54, 1.807) is 24.3 Å². The monoisotopic (exact) mass is 396 g/mol. The molecule has 2 heterocycles. The first-order valence-corrected chi connectivity index (χ1v) is 10.6. The van der Waals surface area contributed by atoms with E-state index in [2.05, 4.69) is 20.1 Å². The number of carbonyl (C=O) groups excluding carboxylic acids is 1. The maximum absolute atomic E-state index is 12.0. The van der Waals surface area contributed by atoms with Crippen LogP contribution in [0.2, 0.25) is 0 Å². The lowest BCUT2D eigenvalue weighted by Crippen LogP contribution is -2.42. The molecule has 2 N–H and O–H groups in total. The first-order valence-electron chi connectivity index (χ1n) is 8.11. The fourth-order valence-electron chi connectivity index (χ4n) is 2.45. The van der Waals surface area contributed by atoms with Crippen LogP contribution in [0, 0.1) is 0 Å². The molecule has 26 heavy (non-hydrogen) atoms. The maximum Gasteiger partial charge on any atom is 0.240 e. The van der Waals surface area contributed by atoms with E-state index in [0.29, 0.717) is 24.5 Å². The van der Waals surface area contributed by atoms with Crippen molar-refractivity contribution in [2.75, 3.05) is 31.2 Å². The van der Waals surface area contributed by atoms with E-state index in [4.69, 9.17) is 4.74 Å². The van der Waals surface area contributed by atoms with Crippen LogP contribution in [-0.2, 0) is 31.7 Å². The van der Waals surface area contributed by atoms with Crippen molar-refractivity contribution in [1.82, 2.24) is 15.2 Å². The van der Waals surface area contributed by atoms with Crippen LogP contribution in [0.4, 0.5) is 5.13 Å². The zero-order valence-corrected chi connectivity index (χ0v) is 15.7. The fourth-order valence-corrected chi connectivity index (χ4v) is 4.30. The van der Waals surface area contributed by atoms with E-state index >= 15 is 0 Å². The third-order valence-corrected chi connectivity index (χ3v) is 5.79. The zero-order valence-electron chi connectivity index (χ0n) is 14.1. The molecule has 1 aliphatic heterocycles. The lowest BCUT2D eigenvalue weighted by atomic mass is 10.2. The lowest BCUT2D eigenvalue weighted by Gasteiger charge is -2.26. The highest BCUT2D eigenvalue weighted by Gasteiger charge is 2.17. The normalized spacial score (nSPS) is 15.0. The molecule has 0 unspecified atom stereocenters. The number of amides is 1. The molecular formula is C16H20N4O4S2. The van der Waals surface area contributed by atoms with Crippen molar-refractivity contribution < 1.29 is 17.9 Å². The molecule has 1 fully saturated rings. The Balaban J connectivity index is 1.48. The summed E-state index contributed by atoms with van der Waals surface area (Å²) in [5.74, 6) is -0.660. The Labute approximate surface area is 156 Å². The van der Waals surface area contributed by atoms with Gasteiger partial charge in [0.15, 0.2) is 5.13 Å². The Hall–Kier alpha value is -2.01. The number of hydrogen-bond acceptors (Lipinski definition) is 7. The predicted octanol–water partition coefficient (Wildman–Crippen LogP) is 0.673. The maximum atomic E-state index is 12.0. The minimum atomic E-state index is -3.66. The van der Waals surface area contributed by atoms with Gasteiger partial charge in [-0.05, 0) is 5.56 Å². The van der Waals surface area contributed by atoms with Gasteiger partial charge in [0, 0.05) is 18.5 Å². The molecule has 0 spiro atoms. The van der Waals surface area contributed by atoms with Crippen molar-refractivity contribution in [2.24, 2.45) is 0 Å². The summed E-state index contributed by atoms with van der Waals surface area (Å²) in [5.41, 5.74) is 3.48. The van der Waals surface area contributed by atoms with Gasteiger partial charge in [0.1, 0.15) is 0 Å². The minimum absolute atomic E-state index is 0.00863. The molecule has 1 aliphatic rings. The Morgan fingerprint density at radius 1 is 1.23 bits per heavy atom. The highest BCUT2D eigenvalue weighted by Crippen LogP contribution is 2.21. The fraction of sp³-hybridized carbons (Fsp3) is 0.375.